The first-order valence-corrected chi connectivity index (χ1v) is 10.1. The number of benzene rings is 2. The molecule has 0 unspecified atom stereocenters. The molecule has 1 aliphatic rings. The highest BCUT2D eigenvalue weighted by Crippen LogP contribution is 2.28. The molecule has 1 saturated heterocycles. The maximum atomic E-state index is 11.6. The third-order valence-corrected chi connectivity index (χ3v) is 5.30. The maximum Gasteiger partial charge on any atom is 0.407 e. The van der Waals surface area contributed by atoms with Crippen LogP contribution < -0.4 is 11.5 Å². The number of hydrogen-bond donors (Lipinski definition) is 4. The first-order chi connectivity index (χ1) is 15.3. The maximum absolute atomic E-state index is 11.6. The molecule has 1 aliphatic heterocycles. The predicted octanol–water partition coefficient (Wildman–Crippen LogP) is 2.01. The normalized spacial score (nSPS) is 15.7. The van der Waals surface area contributed by atoms with Gasteiger partial charge in [0.05, 0.1) is 17.8 Å². The number of amides is 2. The van der Waals surface area contributed by atoms with Gasteiger partial charge in [-0.1, -0.05) is 24.3 Å². The molecule has 0 radical (unpaired) electrons. The molecule has 10 nitrogen and oxygen atoms in total. The van der Waals surface area contributed by atoms with E-state index in [2.05, 4.69) is 10.8 Å². The second-order valence-corrected chi connectivity index (χ2v) is 7.44. The van der Waals surface area contributed by atoms with Crippen LogP contribution in [0, 0.1) is 0 Å². The fourth-order valence-electron chi connectivity index (χ4n) is 3.70. The summed E-state index contributed by atoms with van der Waals surface area (Å²) in [5.74, 6) is -1.26. The van der Waals surface area contributed by atoms with Crippen LogP contribution in [0.5, 0.6) is 0 Å². The van der Waals surface area contributed by atoms with Crippen LogP contribution in [0.3, 0.4) is 0 Å². The number of carboxylic acids is 1. The number of aromatic nitrogens is 2. The number of carbonyl (C=O) groups is 3. The number of piperidine rings is 1. The lowest BCUT2D eigenvalue weighted by Crippen LogP contribution is -2.38. The number of primary amides is 1. The number of aliphatic carboxylic acids is 1. The van der Waals surface area contributed by atoms with Crippen LogP contribution in [-0.4, -0.2) is 62.5 Å². The fourth-order valence-corrected chi connectivity index (χ4v) is 3.70. The van der Waals surface area contributed by atoms with Crippen molar-refractivity contribution in [1.29, 1.82) is 0 Å². The average molecular weight is 439 g/mol. The summed E-state index contributed by atoms with van der Waals surface area (Å²) in [5.41, 5.74) is 13.0. The van der Waals surface area contributed by atoms with E-state index in [0.717, 1.165) is 29.5 Å². The molecule has 0 aliphatic carbocycles. The summed E-state index contributed by atoms with van der Waals surface area (Å²) in [5, 5.41) is 22.2. The Morgan fingerprint density at radius 3 is 2.38 bits per heavy atom. The van der Waals surface area contributed by atoms with Crippen molar-refractivity contribution in [3.05, 3.63) is 59.8 Å². The van der Waals surface area contributed by atoms with Gasteiger partial charge in [-0.3, -0.25) is 9.59 Å². The van der Waals surface area contributed by atoms with Gasteiger partial charge in [0, 0.05) is 30.6 Å². The van der Waals surface area contributed by atoms with Crippen LogP contribution in [0.25, 0.3) is 16.6 Å². The van der Waals surface area contributed by atoms with Gasteiger partial charge in [-0.2, -0.15) is 5.10 Å². The van der Waals surface area contributed by atoms with E-state index in [-0.39, 0.29) is 12.5 Å². The van der Waals surface area contributed by atoms with E-state index in [1.807, 2.05) is 36.5 Å². The van der Waals surface area contributed by atoms with Crippen molar-refractivity contribution < 1.29 is 24.6 Å². The number of likely N-dealkylation sites (tertiary alicyclic amines) is 1. The molecular formula is C22H25N5O5. The fraction of sp³-hybridized carbons (Fsp3) is 0.273. The Hall–Kier alpha value is -3.92. The summed E-state index contributed by atoms with van der Waals surface area (Å²) in [4.78, 5) is 33.5. The molecule has 168 valence electrons. The van der Waals surface area contributed by atoms with Crippen molar-refractivity contribution in [3.8, 4) is 5.69 Å². The zero-order valence-corrected chi connectivity index (χ0v) is 17.3. The Balaban J connectivity index is 0.000000523. The van der Waals surface area contributed by atoms with Crippen molar-refractivity contribution in [1.82, 2.24) is 14.7 Å². The second-order valence-electron chi connectivity index (χ2n) is 7.44. The van der Waals surface area contributed by atoms with Gasteiger partial charge >= 0.3 is 12.1 Å². The average Bonchev–Trinajstić information content (AvgIpc) is 3.24. The van der Waals surface area contributed by atoms with E-state index < -0.39 is 18.0 Å². The topological polar surface area (TPSA) is 165 Å². The number of carbonyl (C=O) groups excluding carboxylic acids is 1. The first-order valence-electron chi connectivity index (χ1n) is 10.1. The predicted molar refractivity (Wildman–Crippen MR) is 118 cm³/mol. The van der Waals surface area contributed by atoms with E-state index in [9.17, 15) is 19.5 Å². The van der Waals surface area contributed by atoms with Crippen molar-refractivity contribution in [3.63, 3.8) is 0 Å². The Labute approximate surface area is 184 Å². The van der Waals surface area contributed by atoms with Crippen molar-refractivity contribution in [2.75, 3.05) is 19.6 Å². The third kappa shape index (κ3) is 5.22. The summed E-state index contributed by atoms with van der Waals surface area (Å²) in [6.07, 6.45) is 2.87. The monoisotopic (exact) mass is 439 g/mol. The van der Waals surface area contributed by atoms with Gasteiger partial charge in [-0.15, -0.1) is 0 Å². The summed E-state index contributed by atoms with van der Waals surface area (Å²) < 4.78 is 1.73. The highest BCUT2D eigenvalue weighted by Gasteiger charge is 2.24. The van der Waals surface area contributed by atoms with Crippen molar-refractivity contribution >= 4 is 28.9 Å². The van der Waals surface area contributed by atoms with Gasteiger partial charge in [0.2, 0.25) is 0 Å². The molecule has 2 amide bonds. The van der Waals surface area contributed by atoms with Crippen LogP contribution in [-0.2, 0) is 4.79 Å². The van der Waals surface area contributed by atoms with E-state index in [0.29, 0.717) is 24.2 Å². The minimum Gasteiger partial charge on any atom is -0.480 e. The Morgan fingerprint density at radius 2 is 1.78 bits per heavy atom. The number of nitrogens with two attached hydrogens (primary N) is 2. The standard InChI is InChI=1S/C20H20N4O3.C2H5NO2/c21-19(25)17-5-1-3-15-12-24(22-18(15)17)16-8-6-13(7-9-16)14-4-2-10-23(11-14)20(26)27;3-1-2(4)5/h1,3,5-9,12,14H,2,4,10-11H2,(H2,21,25)(H,26,27);1,3H2,(H,4,5)/t14-;/m1./s1. The third-order valence-electron chi connectivity index (χ3n) is 5.30. The Morgan fingerprint density at radius 1 is 1.09 bits per heavy atom. The van der Waals surface area contributed by atoms with E-state index in [1.165, 1.54) is 4.90 Å². The highest BCUT2D eigenvalue weighted by molar-refractivity contribution is 6.04. The van der Waals surface area contributed by atoms with Gasteiger partial charge in [-0.25, -0.2) is 9.48 Å². The molecule has 1 fully saturated rings. The Bertz CT molecular complexity index is 1130. The van der Waals surface area contributed by atoms with Crippen LogP contribution in [0.2, 0.25) is 0 Å². The zero-order chi connectivity index (χ0) is 23.3. The lowest BCUT2D eigenvalue weighted by molar-refractivity contribution is -0.135. The zero-order valence-electron chi connectivity index (χ0n) is 17.3. The lowest BCUT2D eigenvalue weighted by atomic mass is 9.91. The van der Waals surface area contributed by atoms with Crippen molar-refractivity contribution in [2.24, 2.45) is 11.5 Å². The summed E-state index contributed by atoms with van der Waals surface area (Å²) in [6, 6.07) is 13.3. The summed E-state index contributed by atoms with van der Waals surface area (Å²) >= 11 is 0. The minimum absolute atomic E-state index is 0.210. The minimum atomic E-state index is -0.968. The summed E-state index contributed by atoms with van der Waals surface area (Å²) in [7, 11) is 0. The molecule has 2 heterocycles. The molecule has 1 aromatic heterocycles. The quantitative estimate of drug-likeness (QED) is 0.483. The van der Waals surface area contributed by atoms with Gasteiger partial charge in [0.15, 0.2) is 0 Å². The molecule has 32 heavy (non-hydrogen) atoms. The van der Waals surface area contributed by atoms with Crippen LogP contribution in [0.4, 0.5) is 4.79 Å². The van der Waals surface area contributed by atoms with Gasteiger partial charge in [0.1, 0.15) is 5.52 Å². The number of hydrogen-bond acceptors (Lipinski definition) is 5. The van der Waals surface area contributed by atoms with Gasteiger partial charge < -0.3 is 26.6 Å². The van der Waals surface area contributed by atoms with Gasteiger partial charge in [0.25, 0.3) is 5.91 Å². The Kier molecular flexibility index (Phi) is 7.06. The largest absolute Gasteiger partial charge is 0.480 e. The molecule has 0 saturated carbocycles. The van der Waals surface area contributed by atoms with Crippen LogP contribution in [0.15, 0.2) is 48.7 Å². The van der Waals surface area contributed by atoms with E-state index >= 15 is 0 Å². The first kappa shape index (κ1) is 22.8. The highest BCUT2D eigenvalue weighted by atomic mass is 16.4. The van der Waals surface area contributed by atoms with Crippen LogP contribution in [0.1, 0.15) is 34.7 Å². The van der Waals surface area contributed by atoms with Gasteiger partial charge in [-0.05, 0) is 36.6 Å². The molecule has 4 rings (SSSR count). The number of fused-ring (bicyclic) bond motifs is 1. The molecule has 6 N–H and O–H groups in total. The molecular weight excluding hydrogens is 414 g/mol. The molecule has 0 bridgehead atoms. The molecule has 10 heteroatoms. The van der Waals surface area contributed by atoms with E-state index in [4.69, 9.17) is 10.8 Å². The molecule has 1 atom stereocenters. The SMILES string of the molecule is NC(=O)c1cccc2cn(-c3ccc([C@@H]4CCCN(C(=O)O)C4)cc3)nc12.NCC(=O)O. The second kappa shape index (κ2) is 9.92. The van der Waals surface area contributed by atoms with E-state index in [1.54, 1.807) is 16.8 Å². The van der Waals surface area contributed by atoms with Crippen LogP contribution >= 0.6 is 0 Å². The summed E-state index contributed by atoms with van der Waals surface area (Å²) in [6.45, 7) is 0.855. The van der Waals surface area contributed by atoms with Crippen molar-refractivity contribution in [2.45, 2.75) is 18.8 Å². The smallest absolute Gasteiger partial charge is 0.407 e. The number of nitrogens with zero attached hydrogens (tertiary/aromatic N) is 3. The molecule has 0 spiro atoms. The molecule has 3 aromatic rings. The molecule has 2 aromatic carbocycles. The number of rotatable bonds is 4. The lowest BCUT2D eigenvalue weighted by Gasteiger charge is -2.31. The number of carboxylic acid groups (broad SMARTS) is 2.